The van der Waals surface area contributed by atoms with Crippen molar-refractivity contribution in [2.75, 3.05) is 25.1 Å². The Morgan fingerprint density at radius 2 is 1.75 bits per heavy atom. The van der Waals surface area contributed by atoms with Crippen LogP contribution in [0, 0.1) is 0 Å². The maximum Gasteiger partial charge on any atom is 0.284 e. The zero-order chi connectivity index (χ0) is 38.5. The van der Waals surface area contributed by atoms with Crippen LogP contribution in [-0.2, 0) is 27.3 Å². The molecule has 3 aromatic heterocycles. The number of carbonyl (C=O) groups excluding carboxylic acids is 5. The lowest BCUT2D eigenvalue weighted by Crippen LogP contribution is -2.54. The highest BCUT2D eigenvalue weighted by molar-refractivity contribution is 6.23. The third-order valence-corrected chi connectivity index (χ3v) is 9.07. The summed E-state index contributed by atoms with van der Waals surface area (Å²) in [5, 5.41) is 11.9. The van der Waals surface area contributed by atoms with Crippen molar-refractivity contribution in [3.63, 3.8) is 0 Å². The van der Waals surface area contributed by atoms with E-state index >= 15 is 0 Å². The van der Waals surface area contributed by atoms with E-state index in [9.17, 15) is 32.8 Å². The molecule has 0 radical (unpaired) electrons. The van der Waals surface area contributed by atoms with E-state index < -0.39 is 47.7 Å². The minimum absolute atomic E-state index is 0.0627. The van der Waals surface area contributed by atoms with Gasteiger partial charge in [0.1, 0.15) is 12.3 Å². The summed E-state index contributed by atoms with van der Waals surface area (Å²) in [4.78, 5) is 71.6. The van der Waals surface area contributed by atoms with Crippen LogP contribution >= 0.6 is 0 Å². The van der Waals surface area contributed by atoms with Crippen LogP contribution < -0.4 is 16.0 Å². The normalized spacial score (nSPS) is 15.5. The second kappa shape index (κ2) is 16.3. The molecule has 2 aromatic carbocycles. The van der Waals surface area contributed by atoms with Gasteiger partial charge in [0, 0.05) is 44.1 Å². The third kappa shape index (κ3) is 8.22. The number of imide groups is 2. The minimum atomic E-state index is -2.94. The zero-order valence-corrected chi connectivity index (χ0v) is 29.2. The molecule has 1 unspecified atom stereocenters. The second-order valence-corrected chi connectivity index (χ2v) is 12.8. The summed E-state index contributed by atoms with van der Waals surface area (Å²) in [6.07, 6.45) is 4.08. The van der Waals surface area contributed by atoms with E-state index in [1.54, 1.807) is 54.9 Å². The lowest BCUT2D eigenvalue weighted by molar-refractivity contribution is -0.136. The summed E-state index contributed by atoms with van der Waals surface area (Å²) in [6.45, 7) is 2.03. The number of carbonyl (C=O) groups is 5. The number of piperidine rings is 1. The highest BCUT2D eigenvalue weighted by atomic mass is 19.3. The molecular weight excluding hydrogens is 718 g/mol. The molecule has 1 atom stereocenters. The fourth-order valence-corrected chi connectivity index (χ4v) is 6.27. The Bertz CT molecular complexity index is 2240. The Hall–Kier alpha value is -6.46. The number of aryl methyl sites for hydroxylation is 1. The first-order chi connectivity index (χ1) is 26.7. The van der Waals surface area contributed by atoms with Crippen LogP contribution in [0.15, 0.2) is 83.9 Å². The number of fused-ring (bicyclic) bond motifs is 1. The lowest BCUT2D eigenvalue weighted by atomic mass is 10.0. The number of nitrogens with zero attached hydrogens (tertiary/aromatic N) is 5. The highest BCUT2D eigenvalue weighted by Gasteiger charge is 2.44. The Kier molecular flexibility index (Phi) is 10.9. The third-order valence-electron chi connectivity index (χ3n) is 9.07. The Balaban J connectivity index is 0.836. The second-order valence-electron chi connectivity index (χ2n) is 12.8. The predicted molar refractivity (Wildman–Crippen MR) is 190 cm³/mol. The van der Waals surface area contributed by atoms with Gasteiger partial charge in [0.2, 0.25) is 17.7 Å². The molecule has 7 rings (SSSR count). The average Bonchev–Trinajstić information content (AvgIpc) is 3.91. The molecule has 55 heavy (non-hydrogen) atoms. The number of nitrogens with one attached hydrogen (secondary N) is 3. The molecule has 0 aliphatic carbocycles. The topological polar surface area (TPSA) is 191 Å². The number of aromatic nitrogens is 4. The van der Waals surface area contributed by atoms with Gasteiger partial charge in [-0.05, 0) is 66.8 Å². The van der Waals surface area contributed by atoms with Crippen molar-refractivity contribution in [2.45, 2.75) is 44.7 Å². The Morgan fingerprint density at radius 3 is 2.51 bits per heavy atom. The number of oxazole rings is 1. The number of benzene rings is 2. The van der Waals surface area contributed by atoms with Gasteiger partial charge in [0.25, 0.3) is 24.1 Å². The summed E-state index contributed by atoms with van der Waals surface area (Å²) in [7, 11) is 0. The number of alkyl halides is 2. The average molecular weight is 753 g/mol. The fourth-order valence-electron chi connectivity index (χ4n) is 6.27. The molecule has 0 spiro atoms. The number of pyridine rings is 1. The monoisotopic (exact) mass is 752 g/mol. The summed E-state index contributed by atoms with van der Waals surface area (Å²) in [5.74, 6) is -2.68. The molecule has 5 aromatic rings. The van der Waals surface area contributed by atoms with Crippen molar-refractivity contribution < 1.29 is 41.9 Å². The lowest BCUT2D eigenvalue weighted by Gasteiger charge is -2.27. The summed E-state index contributed by atoms with van der Waals surface area (Å²) >= 11 is 0. The smallest absolute Gasteiger partial charge is 0.284 e. The van der Waals surface area contributed by atoms with Crippen LogP contribution in [0.4, 0.5) is 14.5 Å². The van der Waals surface area contributed by atoms with Crippen LogP contribution in [0.5, 0.6) is 0 Å². The van der Waals surface area contributed by atoms with Crippen molar-refractivity contribution in [3.8, 4) is 17.1 Å². The van der Waals surface area contributed by atoms with Crippen LogP contribution in [0.25, 0.3) is 17.1 Å². The van der Waals surface area contributed by atoms with Crippen LogP contribution in [0.3, 0.4) is 0 Å². The molecule has 1 saturated heterocycles. The van der Waals surface area contributed by atoms with E-state index in [1.165, 1.54) is 10.9 Å². The van der Waals surface area contributed by atoms with Crippen molar-refractivity contribution >= 4 is 35.2 Å². The molecule has 5 heterocycles. The van der Waals surface area contributed by atoms with Crippen LogP contribution in [0.1, 0.15) is 73.7 Å². The number of anilines is 1. The number of ether oxygens (including phenoxy) is 1. The summed E-state index contributed by atoms with van der Waals surface area (Å²) < 4.78 is 40.1. The number of halogens is 2. The van der Waals surface area contributed by atoms with Crippen molar-refractivity contribution in [2.24, 2.45) is 0 Å². The zero-order valence-electron chi connectivity index (χ0n) is 29.2. The Morgan fingerprint density at radius 1 is 0.982 bits per heavy atom. The van der Waals surface area contributed by atoms with E-state index in [0.29, 0.717) is 50.4 Å². The van der Waals surface area contributed by atoms with Crippen molar-refractivity contribution in [1.82, 2.24) is 35.3 Å². The molecule has 0 saturated carbocycles. The molecular formula is C38H34F2N8O7. The molecule has 1 fully saturated rings. The maximum absolute atomic E-state index is 13.9. The number of hydrogen-bond donors (Lipinski definition) is 3. The van der Waals surface area contributed by atoms with E-state index in [4.69, 9.17) is 9.15 Å². The molecule has 15 nitrogen and oxygen atoms in total. The van der Waals surface area contributed by atoms with E-state index in [2.05, 4.69) is 31.0 Å². The van der Waals surface area contributed by atoms with Gasteiger partial charge in [-0.1, -0.05) is 18.2 Å². The SMILES string of the molecule is O=C1CCC(N2C(=O)c3ccc(CCCOCCNCc4ccc(-n5cc(NC(=O)c6coc(-c7ccncc7)n6)c(C(F)F)n5)cc4)cc3C2=O)C(=O)N1. The van der Waals surface area contributed by atoms with Gasteiger partial charge < -0.3 is 19.8 Å². The molecule has 3 N–H and O–H groups in total. The first kappa shape index (κ1) is 36.9. The number of hydrogen-bond acceptors (Lipinski definition) is 11. The minimum Gasteiger partial charge on any atom is -0.444 e. The summed E-state index contributed by atoms with van der Waals surface area (Å²) in [5.41, 5.74) is 2.59. The highest BCUT2D eigenvalue weighted by Crippen LogP contribution is 2.30. The first-order valence-corrected chi connectivity index (χ1v) is 17.4. The summed E-state index contributed by atoms with van der Waals surface area (Å²) in [6, 6.07) is 14.5. The largest absolute Gasteiger partial charge is 0.444 e. The van der Waals surface area contributed by atoms with Gasteiger partial charge in [-0.2, -0.15) is 5.10 Å². The molecule has 282 valence electrons. The molecule has 5 amide bonds. The molecule has 2 aliphatic heterocycles. The van der Waals surface area contributed by atoms with Gasteiger partial charge in [0.15, 0.2) is 11.4 Å². The molecule has 0 bridgehead atoms. The van der Waals surface area contributed by atoms with Gasteiger partial charge in [-0.3, -0.25) is 39.2 Å². The van der Waals surface area contributed by atoms with E-state index in [0.717, 1.165) is 22.3 Å². The number of amides is 5. The molecule has 2 aliphatic rings. The van der Waals surface area contributed by atoms with Crippen LogP contribution in [-0.4, -0.2) is 80.0 Å². The van der Waals surface area contributed by atoms with E-state index in [1.807, 2.05) is 12.1 Å². The fraction of sp³-hybridized carbons (Fsp3) is 0.263. The van der Waals surface area contributed by atoms with Gasteiger partial charge >= 0.3 is 0 Å². The standard InChI is InChI=1S/C38H34F2N8O7/c39-33(40)32-28(43-34(50)29-21-55-36(44-29)24-11-13-41-14-12-24)20-47(46-32)25-6-3-23(4-7-25)19-42-15-17-54-16-1-2-22-5-8-26-27(18-22)38(53)48(37(26)52)30-9-10-31(49)45-35(30)51/h3-8,11-14,18,20-21,30,33,42H,1-2,9-10,15-17,19H2,(H,43,50)(H,45,49,51). The quantitative estimate of drug-likeness (QED) is 0.102. The van der Waals surface area contributed by atoms with E-state index in [-0.39, 0.29) is 41.2 Å². The Labute approximate surface area is 312 Å². The van der Waals surface area contributed by atoms with Gasteiger partial charge in [-0.15, -0.1) is 0 Å². The van der Waals surface area contributed by atoms with Crippen molar-refractivity contribution in [1.29, 1.82) is 0 Å². The van der Waals surface area contributed by atoms with Crippen molar-refractivity contribution in [3.05, 3.63) is 113 Å². The number of rotatable bonds is 15. The maximum atomic E-state index is 13.9. The first-order valence-electron chi connectivity index (χ1n) is 17.4. The predicted octanol–water partition coefficient (Wildman–Crippen LogP) is 4.25. The molecule has 17 heteroatoms. The van der Waals surface area contributed by atoms with Crippen LogP contribution in [0.2, 0.25) is 0 Å². The van der Waals surface area contributed by atoms with Gasteiger partial charge in [-0.25, -0.2) is 18.4 Å². The van der Waals surface area contributed by atoms with Gasteiger partial charge in [0.05, 0.1) is 35.3 Å².